The van der Waals surface area contributed by atoms with Crippen molar-refractivity contribution in [3.63, 3.8) is 0 Å². The molecule has 1 fully saturated rings. The van der Waals surface area contributed by atoms with Gasteiger partial charge in [0.15, 0.2) is 5.75 Å². The number of nitrogens with zero attached hydrogens (tertiary/aromatic N) is 1. The monoisotopic (exact) mass is 221 g/mol. The lowest BCUT2D eigenvalue weighted by Crippen LogP contribution is -2.29. The van der Waals surface area contributed by atoms with Crippen LogP contribution in [0.3, 0.4) is 0 Å². The summed E-state index contributed by atoms with van der Waals surface area (Å²) >= 11 is 0. The van der Waals surface area contributed by atoms with Gasteiger partial charge in [-0.1, -0.05) is 6.07 Å². The molecule has 0 saturated carbocycles. The van der Waals surface area contributed by atoms with Crippen LogP contribution in [0, 0.1) is 0 Å². The van der Waals surface area contributed by atoms with Gasteiger partial charge in [0.1, 0.15) is 5.56 Å². The summed E-state index contributed by atoms with van der Waals surface area (Å²) in [6.07, 6.45) is 3.39. The number of para-hydroxylation sites is 1. The van der Waals surface area contributed by atoms with Gasteiger partial charge in [0.05, 0.1) is 5.69 Å². The van der Waals surface area contributed by atoms with E-state index >= 15 is 0 Å². The quantitative estimate of drug-likeness (QED) is 0.802. The van der Waals surface area contributed by atoms with Crippen LogP contribution in [0.25, 0.3) is 0 Å². The molecule has 4 nitrogen and oxygen atoms in total. The summed E-state index contributed by atoms with van der Waals surface area (Å²) < 4.78 is 0. The molecule has 1 saturated heterocycles. The van der Waals surface area contributed by atoms with Crippen molar-refractivity contribution in [2.45, 2.75) is 19.3 Å². The molecule has 2 N–H and O–H groups in total. The first-order chi connectivity index (χ1) is 7.70. The normalized spacial score (nSPS) is 16.1. The number of carboxylic acid groups (broad SMARTS) is 1. The summed E-state index contributed by atoms with van der Waals surface area (Å²) in [7, 11) is 0. The van der Waals surface area contributed by atoms with E-state index in [0.717, 1.165) is 25.9 Å². The predicted octanol–water partition coefficient (Wildman–Crippen LogP) is 2.08. The van der Waals surface area contributed by atoms with Crippen LogP contribution in [0.2, 0.25) is 0 Å². The molecule has 0 amide bonds. The van der Waals surface area contributed by atoms with Crippen LogP contribution in [0.1, 0.15) is 29.6 Å². The van der Waals surface area contributed by atoms with Crippen LogP contribution in [0.4, 0.5) is 5.69 Å². The molecular formula is C12H15NO3. The van der Waals surface area contributed by atoms with E-state index < -0.39 is 5.97 Å². The second kappa shape index (κ2) is 4.43. The lowest BCUT2D eigenvalue weighted by Gasteiger charge is -2.29. The van der Waals surface area contributed by atoms with Crippen molar-refractivity contribution in [2.24, 2.45) is 0 Å². The summed E-state index contributed by atoms with van der Waals surface area (Å²) in [6, 6.07) is 4.87. The van der Waals surface area contributed by atoms with Crippen molar-refractivity contribution in [2.75, 3.05) is 18.0 Å². The van der Waals surface area contributed by atoms with E-state index in [1.165, 1.54) is 12.5 Å². The van der Waals surface area contributed by atoms with Gasteiger partial charge in [-0.3, -0.25) is 0 Å². The van der Waals surface area contributed by atoms with Crippen LogP contribution in [0.15, 0.2) is 18.2 Å². The van der Waals surface area contributed by atoms with Crippen molar-refractivity contribution in [1.29, 1.82) is 0 Å². The lowest BCUT2D eigenvalue weighted by atomic mass is 10.1. The van der Waals surface area contributed by atoms with Gasteiger partial charge in [0, 0.05) is 13.1 Å². The number of rotatable bonds is 2. The van der Waals surface area contributed by atoms with Gasteiger partial charge >= 0.3 is 5.97 Å². The average Bonchev–Trinajstić information content (AvgIpc) is 2.30. The lowest BCUT2D eigenvalue weighted by molar-refractivity contribution is 0.0694. The van der Waals surface area contributed by atoms with E-state index in [9.17, 15) is 9.90 Å². The molecule has 1 aliphatic heterocycles. The molecule has 0 bridgehead atoms. The summed E-state index contributed by atoms with van der Waals surface area (Å²) in [5.41, 5.74) is 0.614. The van der Waals surface area contributed by atoms with Crippen LogP contribution < -0.4 is 4.90 Å². The Labute approximate surface area is 94.1 Å². The van der Waals surface area contributed by atoms with E-state index in [1.54, 1.807) is 12.1 Å². The number of aromatic carboxylic acids is 1. The number of piperidine rings is 1. The summed E-state index contributed by atoms with van der Waals surface area (Å²) in [5, 5.41) is 18.8. The molecule has 4 heteroatoms. The number of anilines is 1. The highest BCUT2D eigenvalue weighted by molar-refractivity contribution is 5.93. The predicted molar refractivity (Wildman–Crippen MR) is 61.1 cm³/mol. The van der Waals surface area contributed by atoms with Gasteiger partial charge in [0.2, 0.25) is 0 Å². The molecule has 1 aliphatic rings. The van der Waals surface area contributed by atoms with Crippen molar-refractivity contribution < 1.29 is 15.0 Å². The van der Waals surface area contributed by atoms with Gasteiger partial charge < -0.3 is 15.1 Å². The molecule has 0 unspecified atom stereocenters. The van der Waals surface area contributed by atoms with Crippen molar-refractivity contribution in [3.05, 3.63) is 23.8 Å². The molecule has 86 valence electrons. The second-order valence-electron chi connectivity index (χ2n) is 4.03. The molecular weight excluding hydrogens is 206 g/mol. The molecule has 1 aromatic carbocycles. The minimum absolute atomic E-state index is 0.0249. The number of benzene rings is 1. The molecule has 1 aromatic rings. The van der Waals surface area contributed by atoms with Gasteiger partial charge in [0.25, 0.3) is 0 Å². The number of hydrogen-bond acceptors (Lipinski definition) is 3. The summed E-state index contributed by atoms with van der Waals surface area (Å²) in [5.74, 6) is -1.20. The Morgan fingerprint density at radius 2 is 1.88 bits per heavy atom. The fourth-order valence-electron chi connectivity index (χ4n) is 2.09. The Morgan fingerprint density at radius 1 is 1.19 bits per heavy atom. The van der Waals surface area contributed by atoms with E-state index in [0.29, 0.717) is 5.69 Å². The molecule has 2 rings (SSSR count). The molecule has 0 atom stereocenters. The molecule has 0 spiro atoms. The first kappa shape index (κ1) is 10.8. The maximum Gasteiger partial charge on any atom is 0.339 e. The second-order valence-corrected chi connectivity index (χ2v) is 4.03. The first-order valence-electron chi connectivity index (χ1n) is 5.50. The van der Waals surface area contributed by atoms with Gasteiger partial charge in [-0.15, -0.1) is 0 Å². The van der Waals surface area contributed by atoms with E-state index in [4.69, 9.17) is 5.11 Å². The number of phenols is 1. The maximum atomic E-state index is 10.9. The SMILES string of the molecule is O=C(O)c1cccc(N2CCCCC2)c1O. The van der Waals surface area contributed by atoms with Crippen LogP contribution in [-0.4, -0.2) is 29.3 Å². The van der Waals surface area contributed by atoms with Crippen LogP contribution in [0.5, 0.6) is 5.75 Å². The zero-order valence-corrected chi connectivity index (χ0v) is 9.02. The Kier molecular flexibility index (Phi) is 2.99. The van der Waals surface area contributed by atoms with Gasteiger partial charge in [-0.05, 0) is 31.4 Å². The smallest absolute Gasteiger partial charge is 0.339 e. The number of carboxylic acids is 1. The number of aromatic hydroxyl groups is 1. The van der Waals surface area contributed by atoms with Gasteiger partial charge in [-0.25, -0.2) is 4.79 Å². The Morgan fingerprint density at radius 3 is 2.50 bits per heavy atom. The van der Waals surface area contributed by atoms with E-state index in [-0.39, 0.29) is 11.3 Å². The highest BCUT2D eigenvalue weighted by Gasteiger charge is 2.18. The molecule has 0 radical (unpaired) electrons. The van der Waals surface area contributed by atoms with E-state index in [1.807, 2.05) is 4.90 Å². The first-order valence-corrected chi connectivity index (χ1v) is 5.50. The maximum absolute atomic E-state index is 10.9. The van der Waals surface area contributed by atoms with Gasteiger partial charge in [-0.2, -0.15) is 0 Å². The zero-order chi connectivity index (χ0) is 11.5. The topological polar surface area (TPSA) is 60.8 Å². The summed E-state index contributed by atoms with van der Waals surface area (Å²) in [4.78, 5) is 12.9. The minimum atomic E-state index is -1.09. The number of hydrogen-bond donors (Lipinski definition) is 2. The largest absolute Gasteiger partial charge is 0.505 e. The van der Waals surface area contributed by atoms with E-state index in [2.05, 4.69) is 0 Å². The van der Waals surface area contributed by atoms with Crippen molar-refractivity contribution >= 4 is 11.7 Å². The van der Waals surface area contributed by atoms with Crippen LogP contribution in [-0.2, 0) is 0 Å². The standard InChI is InChI=1S/C12H15NO3/c14-11-9(12(15)16)5-4-6-10(11)13-7-2-1-3-8-13/h4-6,14H,1-3,7-8H2,(H,15,16). The Hall–Kier alpha value is -1.71. The average molecular weight is 221 g/mol. The molecule has 0 aromatic heterocycles. The third kappa shape index (κ3) is 1.96. The van der Waals surface area contributed by atoms with Crippen molar-refractivity contribution in [1.82, 2.24) is 0 Å². The third-order valence-electron chi connectivity index (χ3n) is 2.94. The highest BCUT2D eigenvalue weighted by Crippen LogP contribution is 2.32. The fraction of sp³-hybridized carbons (Fsp3) is 0.417. The highest BCUT2D eigenvalue weighted by atomic mass is 16.4. The number of carbonyl (C=O) groups is 1. The Bertz CT molecular complexity index is 397. The fourth-order valence-corrected chi connectivity index (χ4v) is 2.09. The third-order valence-corrected chi connectivity index (χ3v) is 2.94. The summed E-state index contributed by atoms with van der Waals surface area (Å²) in [6.45, 7) is 1.77. The van der Waals surface area contributed by atoms with Crippen LogP contribution >= 0.6 is 0 Å². The molecule has 0 aliphatic carbocycles. The zero-order valence-electron chi connectivity index (χ0n) is 9.02. The minimum Gasteiger partial charge on any atom is -0.505 e. The molecule has 16 heavy (non-hydrogen) atoms. The van der Waals surface area contributed by atoms with Crippen molar-refractivity contribution in [3.8, 4) is 5.75 Å². The molecule has 1 heterocycles. The Balaban J connectivity index is 2.33.